The Morgan fingerprint density at radius 3 is 2.60 bits per heavy atom. The summed E-state index contributed by atoms with van der Waals surface area (Å²) in [6.07, 6.45) is 0.366. The fourth-order valence-corrected chi connectivity index (χ4v) is 3.69. The van der Waals surface area contributed by atoms with Gasteiger partial charge in [0.1, 0.15) is 5.01 Å². The predicted octanol–water partition coefficient (Wildman–Crippen LogP) is 3.94. The van der Waals surface area contributed by atoms with Gasteiger partial charge in [0, 0.05) is 16.0 Å². The zero-order valence-electron chi connectivity index (χ0n) is 16.1. The molecule has 0 radical (unpaired) electrons. The lowest BCUT2D eigenvalue weighted by atomic mass is 10.0. The van der Waals surface area contributed by atoms with Gasteiger partial charge in [-0.05, 0) is 31.0 Å². The van der Waals surface area contributed by atoms with Gasteiger partial charge in [0.05, 0.1) is 6.04 Å². The molecule has 2 aromatic carbocycles. The molecule has 1 amide bonds. The van der Waals surface area contributed by atoms with Gasteiger partial charge in [-0.25, -0.2) is 9.78 Å². The smallest absolute Gasteiger partial charge is 0.358 e. The highest BCUT2D eigenvalue weighted by Crippen LogP contribution is 2.26. The van der Waals surface area contributed by atoms with E-state index in [1.165, 1.54) is 18.3 Å². The van der Waals surface area contributed by atoms with E-state index in [-0.39, 0.29) is 11.5 Å². The number of hydrogen-bond donors (Lipinski definition) is 1. The van der Waals surface area contributed by atoms with Crippen molar-refractivity contribution in [2.45, 2.75) is 19.4 Å². The molecular weight excluding hydrogens is 424 g/mol. The minimum absolute atomic E-state index is 0.107. The number of aromatic nitrogens is 1. The molecule has 0 saturated carbocycles. The zero-order chi connectivity index (χ0) is 21.5. The van der Waals surface area contributed by atoms with E-state index in [4.69, 9.17) is 16.3 Å². The number of carbonyl (C=O) groups is 3. The number of thiazole rings is 1. The van der Waals surface area contributed by atoms with Gasteiger partial charge in [0.25, 0.3) is 5.91 Å². The SMILES string of the molecule is CC(=O)C(Cc1ccccc1)NC(=O)COC(=O)c1csc(-c2cccc(Cl)c2)n1. The Hall–Kier alpha value is -3.03. The molecule has 3 aromatic rings. The van der Waals surface area contributed by atoms with Crippen LogP contribution in [0.25, 0.3) is 10.6 Å². The molecule has 1 aromatic heterocycles. The van der Waals surface area contributed by atoms with Gasteiger partial charge >= 0.3 is 5.97 Å². The maximum absolute atomic E-state index is 12.2. The third-order valence-electron chi connectivity index (χ3n) is 4.23. The normalized spacial score (nSPS) is 11.5. The number of hydrogen-bond acceptors (Lipinski definition) is 6. The van der Waals surface area contributed by atoms with Crippen molar-refractivity contribution in [3.05, 3.63) is 76.3 Å². The molecule has 0 aliphatic rings. The molecule has 1 atom stereocenters. The van der Waals surface area contributed by atoms with E-state index >= 15 is 0 Å². The molecule has 30 heavy (non-hydrogen) atoms. The van der Waals surface area contributed by atoms with Crippen molar-refractivity contribution in [1.29, 1.82) is 0 Å². The summed E-state index contributed by atoms with van der Waals surface area (Å²) in [5.74, 6) is -1.44. The number of ketones is 1. The monoisotopic (exact) mass is 442 g/mol. The maximum atomic E-state index is 12.2. The Balaban J connectivity index is 1.55. The average Bonchev–Trinajstić information content (AvgIpc) is 3.23. The number of nitrogens with zero attached hydrogens (tertiary/aromatic N) is 1. The molecule has 3 rings (SSSR count). The molecule has 0 aliphatic carbocycles. The first-order valence-corrected chi connectivity index (χ1v) is 10.4. The summed E-state index contributed by atoms with van der Waals surface area (Å²) in [7, 11) is 0. The van der Waals surface area contributed by atoms with Crippen molar-refractivity contribution >= 4 is 40.6 Å². The molecule has 0 saturated heterocycles. The largest absolute Gasteiger partial charge is 0.451 e. The van der Waals surface area contributed by atoms with E-state index in [9.17, 15) is 14.4 Å². The fourth-order valence-electron chi connectivity index (χ4n) is 2.71. The second kappa shape index (κ2) is 10.1. The fraction of sp³-hybridized carbons (Fsp3) is 0.182. The van der Waals surface area contributed by atoms with Crippen LogP contribution in [0.3, 0.4) is 0 Å². The molecule has 6 nitrogen and oxygen atoms in total. The van der Waals surface area contributed by atoms with Crippen LogP contribution in [0.2, 0.25) is 5.02 Å². The average molecular weight is 443 g/mol. The van der Waals surface area contributed by atoms with Gasteiger partial charge in [-0.15, -0.1) is 11.3 Å². The highest BCUT2D eigenvalue weighted by atomic mass is 35.5. The van der Waals surface area contributed by atoms with Crippen LogP contribution in [0.1, 0.15) is 23.0 Å². The Morgan fingerprint density at radius 1 is 1.13 bits per heavy atom. The van der Waals surface area contributed by atoms with Gasteiger partial charge in [-0.2, -0.15) is 0 Å². The summed E-state index contributed by atoms with van der Waals surface area (Å²) < 4.78 is 5.05. The number of rotatable bonds is 8. The van der Waals surface area contributed by atoms with Crippen LogP contribution < -0.4 is 5.32 Å². The molecule has 0 fully saturated rings. The molecular formula is C22H19ClN2O4S. The lowest BCUT2D eigenvalue weighted by Gasteiger charge is -2.16. The van der Waals surface area contributed by atoms with Gasteiger partial charge in [0.2, 0.25) is 0 Å². The maximum Gasteiger partial charge on any atom is 0.358 e. The molecule has 1 N–H and O–H groups in total. The van der Waals surface area contributed by atoms with Crippen LogP contribution in [0, 0.1) is 0 Å². The zero-order valence-corrected chi connectivity index (χ0v) is 17.7. The standard InChI is InChI=1S/C22H19ClN2O4S/c1-14(26)18(10-15-6-3-2-4-7-15)24-20(27)12-29-22(28)19-13-30-21(25-19)16-8-5-9-17(23)11-16/h2-9,11,13,18H,10,12H2,1H3,(H,24,27). The number of halogens is 1. The first-order chi connectivity index (χ1) is 14.4. The Labute approximate surface area is 182 Å². The summed E-state index contributed by atoms with van der Waals surface area (Å²) >= 11 is 7.25. The van der Waals surface area contributed by atoms with Crippen LogP contribution in [0.15, 0.2) is 60.0 Å². The molecule has 0 aliphatic heterocycles. The van der Waals surface area contributed by atoms with Gasteiger partial charge in [-0.3, -0.25) is 9.59 Å². The summed E-state index contributed by atoms with van der Waals surface area (Å²) in [5.41, 5.74) is 1.82. The lowest BCUT2D eigenvalue weighted by molar-refractivity contribution is -0.128. The molecule has 0 bridgehead atoms. The molecule has 1 heterocycles. The summed E-state index contributed by atoms with van der Waals surface area (Å²) in [5, 5.41) is 5.36. The lowest BCUT2D eigenvalue weighted by Crippen LogP contribution is -2.43. The number of ether oxygens (including phenoxy) is 1. The number of esters is 1. The van der Waals surface area contributed by atoms with Crippen LogP contribution in [-0.4, -0.2) is 35.3 Å². The molecule has 0 spiro atoms. The minimum Gasteiger partial charge on any atom is -0.451 e. The van der Waals surface area contributed by atoms with Crippen LogP contribution in [0.4, 0.5) is 0 Å². The number of carbonyl (C=O) groups excluding carboxylic acids is 3. The third kappa shape index (κ3) is 5.98. The highest BCUT2D eigenvalue weighted by Gasteiger charge is 2.20. The van der Waals surface area contributed by atoms with Gasteiger partial charge in [0.15, 0.2) is 18.1 Å². The minimum atomic E-state index is -0.711. The number of Topliss-reactive ketones (excluding diaryl/α,β-unsaturated/α-hetero) is 1. The highest BCUT2D eigenvalue weighted by molar-refractivity contribution is 7.13. The van der Waals surface area contributed by atoms with Gasteiger partial charge < -0.3 is 10.1 Å². The van der Waals surface area contributed by atoms with E-state index in [0.29, 0.717) is 16.5 Å². The van der Waals surface area contributed by atoms with E-state index in [2.05, 4.69) is 10.3 Å². The first kappa shape index (κ1) is 21.7. The molecule has 8 heteroatoms. The Kier molecular flexibility index (Phi) is 7.32. The summed E-state index contributed by atoms with van der Waals surface area (Å²) in [6.45, 7) is 0.911. The van der Waals surface area contributed by atoms with Crippen LogP contribution in [0.5, 0.6) is 0 Å². The van der Waals surface area contributed by atoms with Crippen LogP contribution >= 0.6 is 22.9 Å². The number of benzene rings is 2. The van der Waals surface area contributed by atoms with Crippen molar-refractivity contribution in [1.82, 2.24) is 10.3 Å². The number of amides is 1. The quantitative estimate of drug-likeness (QED) is 0.534. The topological polar surface area (TPSA) is 85.4 Å². The van der Waals surface area contributed by atoms with E-state index < -0.39 is 24.5 Å². The van der Waals surface area contributed by atoms with Crippen molar-refractivity contribution in [2.24, 2.45) is 0 Å². The first-order valence-electron chi connectivity index (χ1n) is 9.14. The molecule has 1 unspecified atom stereocenters. The second-order valence-electron chi connectivity index (χ2n) is 6.54. The predicted molar refractivity (Wildman–Crippen MR) is 116 cm³/mol. The van der Waals surface area contributed by atoms with Crippen LogP contribution in [-0.2, 0) is 20.7 Å². The Bertz CT molecular complexity index is 1050. The van der Waals surface area contributed by atoms with Gasteiger partial charge in [-0.1, -0.05) is 54.1 Å². The van der Waals surface area contributed by atoms with Crippen molar-refractivity contribution in [2.75, 3.05) is 6.61 Å². The second-order valence-corrected chi connectivity index (χ2v) is 7.84. The summed E-state index contributed by atoms with van der Waals surface area (Å²) in [6, 6.07) is 15.8. The third-order valence-corrected chi connectivity index (χ3v) is 5.35. The van der Waals surface area contributed by atoms with E-state index in [0.717, 1.165) is 11.1 Å². The van der Waals surface area contributed by atoms with Crippen molar-refractivity contribution in [3.8, 4) is 10.6 Å². The van der Waals surface area contributed by atoms with E-state index in [1.807, 2.05) is 36.4 Å². The number of nitrogens with one attached hydrogen (secondary N) is 1. The molecule has 154 valence electrons. The Morgan fingerprint density at radius 2 is 1.90 bits per heavy atom. The summed E-state index contributed by atoms with van der Waals surface area (Å²) in [4.78, 5) is 40.5. The van der Waals surface area contributed by atoms with Crippen molar-refractivity contribution < 1.29 is 19.1 Å². The van der Waals surface area contributed by atoms with E-state index in [1.54, 1.807) is 23.6 Å². The van der Waals surface area contributed by atoms with Crippen molar-refractivity contribution in [3.63, 3.8) is 0 Å².